The van der Waals surface area contributed by atoms with Gasteiger partial charge >= 0.3 is 0 Å². The summed E-state index contributed by atoms with van der Waals surface area (Å²) in [5.74, 6) is 1.03. The highest BCUT2D eigenvalue weighted by Gasteiger charge is 2.21. The number of hydrogen-bond acceptors (Lipinski definition) is 3. The van der Waals surface area contributed by atoms with Gasteiger partial charge in [-0.1, -0.05) is 29.8 Å². The lowest BCUT2D eigenvalue weighted by Crippen LogP contribution is -2.49. The third-order valence-corrected chi connectivity index (χ3v) is 5.48. The maximum atomic E-state index is 12.7. The van der Waals surface area contributed by atoms with Crippen molar-refractivity contribution in [2.45, 2.75) is 6.42 Å². The summed E-state index contributed by atoms with van der Waals surface area (Å²) >= 11 is 5.88. The van der Waals surface area contributed by atoms with Crippen LogP contribution in [0.4, 0.5) is 0 Å². The minimum absolute atomic E-state index is 0.196. The third-order valence-electron chi connectivity index (χ3n) is 5.23. The average molecular weight is 398 g/mol. The standard InChI is InChI=1S/C22H24ClN3O2/c23-18-5-7-19(8-6-18)28-14-13-25-9-11-26(12-10-25)22(27)15-17-16-24-21-4-2-1-3-20(17)21/h1-8,16,24H,9-15H2. The molecule has 28 heavy (non-hydrogen) atoms. The number of aromatic amines is 1. The van der Waals surface area contributed by atoms with Gasteiger partial charge in [-0.25, -0.2) is 0 Å². The van der Waals surface area contributed by atoms with E-state index in [4.69, 9.17) is 16.3 Å². The number of fused-ring (bicyclic) bond motifs is 1. The van der Waals surface area contributed by atoms with Crippen LogP contribution < -0.4 is 4.74 Å². The van der Waals surface area contributed by atoms with Gasteiger partial charge in [0.2, 0.25) is 5.91 Å². The number of nitrogens with zero attached hydrogens (tertiary/aromatic N) is 2. The molecule has 3 aromatic rings. The molecule has 0 unspecified atom stereocenters. The molecule has 0 radical (unpaired) electrons. The summed E-state index contributed by atoms with van der Waals surface area (Å²) in [5.41, 5.74) is 2.15. The number of carbonyl (C=O) groups is 1. The first-order chi connectivity index (χ1) is 13.7. The number of H-pyrrole nitrogens is 1. The van der Waals surface area contributed by atoms with Crippen LogP contribution in [-0.4, -0.2) is 60.0 Å². The number of piperazine rings is 1. The Labute approximate surface area is 169 Å². The molecule has 1 aliphatic heterocycles. The molecular formula is C22H24ClN3O2. The maximum absolute atomic E-state index is 12.7. The van der Waals surface area contributed by atoms with E-state index in [2.05, 4.69) is 16.0 Å². The van der Waals surface area contributed by atoms with Crippen molar-refractivity contribution in [2.24, 2.45) is 0 Å². The molecule has 4 rings (SSSR count). The Hall–Kier alpha value is -2.50. The van der Waals surface area contributed by atoms with Crippen LogP contribution in [0.2, 0.25) is 5.02 Å². The summed E-state index contributed by atoms with van der Waals surface area (Å²) in [5, 5.41) is 1.84. The Kier molecular flexibility index (Phi) is 5.84. The van der Waals surface area contributed by atoms with E-state index in [1.165, 1.54) is 0 Å². The minimum atomic E-state index is 0.196. The highest BCUT2D eigenvalue weighted by Crippen LogP contribution is 2.19. The van der Waals surface area contributed by atoms with Crippen LogP contribution in [0, 0.1) is 0 Å². The van der Waals surface area contributed by atoms with Crippen LogP contribution >= 0.6 is 11.6 Å². The second kappa shape index (κ2) is 8.67. The topological polar surface area (TPSA) is 48.6 Å². The number of carbonyl (C=O) groups excluding carboxylic acids is 1. The number of para-hydroxylation sites is 1. The molecule has 6 heteroatoms. The van der Waals surface area contributed by atoms with Crippen molar-refractivity contribution in [3.8, 4) is 5.75 Å². The van der Waals surface area contributed by atoms with Crippen molar-refractivity contribution in [3.63, 3.8) is 0 Å². The summed E-state index contributed by atoms with van der Waals surface area (Å²) in [6.45, 7) is 4.77. The van der Waals surface area contributed by atoms with E-state index in [1.807, 2.05) is 53.6 Å². The molecule has 0 aliphatic carbocycles. The second-order valence-electron chi connectivity index (χ2n) is 7.06. The van der Waals surface area contributed by atoms with Crippen LogP contribution in [0.15, 0.2) is 54.7 Å². The highest BCUT2D eigenvalue weighted by atomic mass is 35.5. The first-order valence-electron chi connectivity index (χ1n) is 9.62. The molecule has 1 fully saturated rings. The maximum Gasteiger partial charge on any atom is 0.227 e. The van der Waals surface area contributed by atoms with E-state index >= 15 is 0 Å². The zero-order valence-electron chi connectivity index (χ0n) is 15.7. The predicted octanol–water partition coefficient (Wildman–Crippen LogP) is 3.59. The Morgan fingerprint density at radius 3 is 2.57 bits per heavy atom. The number of amides is 1. The molecular weight excluding hydrogens is 374 g/mol. The predicted molar refractivity (Wildman–Crippen MR) is 112 cm³/mol. The molecule has 1 saturated heterocycles. The summed E-state index contributed by atoms with van der Waals surface area (Å²) in [7, 11) is 0. The quantitative estimate of drug-likeness (QED) is 0.691. The van der Waals surface area contributed by atoms with Gasteiger partial charge in [0, 0.05) is 54.8 Å². The number of benzene rings is 2. The van der Waals surface area contributed by atoms with Crippen molar-refractivity contribution in [3.05, 3.63) is 65.3 Å². The normalized spacial score (nSPS) is 15.1. The lowest BCUT2D eigenvalue weighted by molar-refractivity contribution is -0.132. The summed E-state index contributed by atoms with van der Waals surface area (Å²) < 4.78 is 5.76. The van der Waals surface area contributed by atoms with Gasteiger partial charge in [0.25, 0.3) is 0 Å². The van der Waals surface area contributed by atoms with Crippen LogP contribution in [0.25, 0.3) is 10.9 Å². The molecule has 0 spiro atoms. The molecule has 1 aromatic heterocycles. The lowest BCUT2D eigenvalue weighted by Gasteiger charge is -2.34. The minimum Gasteiger partial charge on any atom is -0.492 e. The molecule has 5 nitrogen and oxygen atoms in total. The van der Waals surface area contributed by atoms with Gasteiger partial charge in [0.1, 0.15) is 12.4 Å². The number of halogens is 1. The van der Waals surface area contributed by atoms with E-state index < -0.39 is 0 Å². The summed E-state index contributed by atoms with van der Waals surface area (Å²) in [6, 6.07) is 15.5. The monoisotopic (exact) mass is 397 g/mol. The van der Waals surface area contributed by atoms with Gasteiger partial charge in [-0.05, 0) is 35.9 Å². The summed E-state index contributed by atoms with van der Waals surface area (Å²) in [4.78, 5) is 20.3. The van der Waals surface area contributed by atoms with Crippen molar-refractivity contribution in [2.75, 3.05) is 39.3 Å². The van der Waals surface area contributed by atoms with E-state index in [0.29, 0.717) is 18.1 Å². The highest BCUT2D eigenvalue weighted by molar-refractivity contribution is 6.30. The Morgan fingerprint density at radius 1 is 1.04 bits per heavy atom. The zero-order chi connectivity index (χ0) is 19.3. The third kappa shape index (κ3) is 4.49. The number of nitrogens with one attached hydrogen (secondary N) is 1. The first kappa shape index (κ1) is 18.8. The molecule has 2 heterocycles. The number of rotatable bonds is 6. The Balaban J connectivity index is 1.22. The number of aromatic nitrogens is 1. The van der Waals surface area contributed by atoms with E-state index in [1.54, 1.807) is 0 Å². The molecule has 1 aliphatic rings. The van der Waals surface area contributed by atoms with Crippen molar-refractivity contribution in [1.29, 1.82) is 0 Å². The SMILES string of the molecule is O=C(Cc1c[nH]c2ccccc12)N1CCN(CCOc2ccc(Cl)cc2)CC1. The molecule has 1 amide bonds. The van der Waals surface area contributed by atoms with Crippen LogP contribution in [0.3, 0.4) is 0 Å². The molecule has 2 aromatic carbocycles. The van der Waals surface area contributed by atoms with Crippen LogP contribution in [-0.2, 0) is 11.2 Å². The number of ether oxygens (including phenoxy) is 1. The van der Waals surface area contributed by atoms with E-state index in [-0.39, 0.29) is 5.91 Å². The fourth-order valence-electron chi connectivity index (χ4n) is 3.60. The van der Waals surface area contributed by atoms with Gasteiger partial charge in [0.15, 0.2) is 0 Å². The smallest absolute Gasteiger partial charge is 0.227 e. The molecule has 146 valence electrons. The molecule has 0 atom stereocenters. The van der Waals surface area contributed by atoms with Crippen molar-refractivity contribution < 1.29 is 9.53 Å². The van der Waals surface area contributed by atoms with Gasteiger partial charge in [0.05, 0.1) is 6.42 Å². The van der Waals surface area contributed by atoms with Crippen molar-refractivity contribution >= 4 is 28.4 Å². The Morgan fingerprint density at radius 2 is 1.79 bits per heavy atom. The van der Waals surface area contributed by atoms with Crippen molar-refractivity contribution in [1.82, 2.24) is 14.8 Å². The molecule has 0 bridgehead atoms. The zero-order valence-corrected chi connectivity index (χ0v) is 16.5. The average Bonchev–Trinajstić information content (AvgIpc) is 3.13. The fourth-order valence-corrected chi connectivity index (χ4v) is 3.72. The first-order valence-corrected chi connectivity index (χ1v) is 10.0. The van der Waals surface area contributed by atoms with Gasteiger partial charge in [-0.15, -0.1) is 0 Å². The van der Waals surface area contributed by atoms with Crippen LogP contribution in [0.5, 0.6) is 5.75 Å². The van der Waals surface area contributed by atoms with Gasteiger partial charge in [-0.3, -0.25) is 9.69 Å². The molecule has 1 N–H and O–H groups in total. The van der Waals surface area contributed by atoms with Crippen LogP contribution in [0.1, 0.15) is 5.56 Å². The lowest BCUT2D eigenvalue weighted by atomic mass is 10.1. The largest absolute Gasteiger partial charge is 0.492 e. The fraction of sp³-hybridized carbons (Fsp3) is 0.318. The van der Waals surface area contributed by atoms with Gasteiger partial charge in [-0.2, -0.15) is 0 Å². The number of hydrogen-bond donors (Lipinski definition) is 1. The van der Waals surface area contributed by atoms with Gasteiger partial charge < -0.3 is 14.6 Å². The van der Waals surface area contributed by atoms with E-state index in [9.17, 15) is 4.79 Å². The summed E-state index contributed by atoms with van der Waals surface area (Å²) in [6.07, 6.45) is 2.40. The van der Waals surface area contributed by atoms with E-state index in [0.717, 1.165) is 54.9 Å². The molecule has 0 saturated carbocycles. The Bertz CT molecular complexity index is 930. The second-order valence-corrected chi connectivity index (χ2v) is 7.50.